The van der Waals surface area contributed by atoms with Crippen molar-refractivity contribution in [1.82, 2.24) is 0 Å². The molecule has 4 nitrogen and oxygen atoms in total. The summed E-state index contributed by atoms with van der Waals surface area (Å²) in [5, 5.41) is 38.0. The highest BCUT2D eigenvalue weighted by Gasteiger charge is 2.21. The van der Waals surface area contributed by atoms with E-state index in [1.54, 1.807) is 24.3 Å². The van der Waals surface area contributed by atoms with E-state index in [0.29, 0.717) is 12.8 Å². The number of aliphatic hydroxyl groups excluding tert-OH is 2. The standard InChI is InChI=1S/C18H22O4/c19-11-15(9-13-1-5-17(21)6-2-13)16(12-20)10-14-3-7-18(22)8-4-14/h1-8,15-16,19-22H,9-12H2/t15-,16-/m1/s1. The van der Waals surface area contributed by atoms with E-state index in [4.69, 9.17) is 0 Å². The molecule has 0 aliphatic carbocycles. The van der Waals surface area contributed by atoms with E-state index in [0.717, 1.165) is 11.1 Å². The van der Waals surface area contributed by atoms with E-state index in [1.165, 1.54) is 0 Å². The first-order valence-corrected chi connectivity index (χ1v) is 7.40. The molecule has 2 atom stereocenters. The van der Waals surface area contributed by atoms with Gasteiger partial charge in [-0.15, -0.1) is 0 Å². The maximum atomic E-state index is 9.67. The van der Waals surface area contributed by atoms with Crippen molar-refractivity contribution in [3.05, 3.63) is 59.7 Å². The highest BCUT2D eigenvalue weighted by Crippen LogP contribution is 2.23. The molecule has 22 heavy (non-hydrogen) atoms. The molecule has 118 valence electrons. The van der Waals surface area contributed by atoms with Gasteiger partial charge in [0.25, 0.3) is 0 Å². The summed E-state index contributed by atoms with van der Waals surface area (Å²) in [6.45, 7) is -0.0195. The first kappa shape index (κ1) is 16.3. The Morgan fingerprint density at radius 3 is 1.18 bits per heavy atom. The van der Waals surface area contributed by atoms with Crippen LogP contribution in [0, 0.1) is 11.8 Å². The van der Waals surface area contributed by atoms with Crippen LogP contribution in [0.15, 0.2) is 48.5 Å². The van der Waals surface area contributed by atoms with Crippen LogP contribution in [-0.2, 0) is 12.8 Å². The van der Waals surface area contributed by atoms with Gasteiger partial charge in [-0.3, -0.25) is 0 Å². The van der Waals surface area contributed by atoms with E-state index >= 15 is 0 Å². The van der Waals surface area contributed by atoms with Crippen LogP contribution in [0.2, 0.25) is 0 Å². The van der Waals surface area contributed by atoms with Gasteiger partial charge in [0.1, 0.15) is 11.5 Å². The molecule has 0 unspecified atom stereocenters. The van der Waals surface area contributed by atoms with Gasteiger partial charge in [-0.25, -0.2) is 0 Å². The van der Waals surface area contributed by atoms with Crippen LogP contribution in [0.3, 0.4) is 0 Å². The Labute approximate surface area is 130 Å². The molecule has 0 bridgehead atoms. The maximum Gasteiger partial charge on any atom is 0.115 e. The molecular weight excluding hydrogens is 280 g/mol. The summed E-state index contributed by atoms with van der Waals surface area (Å²) >= 11 is 0. The van der Waals surface area contributed by atoms with Crippen molar-refractivity contribution in [2.75, 3.05) is 13.2 Å². The van der Waals surface area contributed by atoms with Crippen LogP contribution in [0.25, 0.3) is 0 Å². The summed E-state index contributed by atoms with van der Waals surface area (Å²) in [7, 11) is 0. The molecule has 0 saturated heterocycles. The molecule has 0 heterocycles. The van der Waals surface area contributed by atoms with Gasteiger partial charge in [-0.05, 0) is 60.1 Å². The first-order valence-electron chi connectivity index (χ1n) is 7.40. The van der Waals surface area contributed by atoms with Crippen LogP contribution in [0.5, 0.6) is 11.5 Å². The lowest BCUT2D eigenvalue weighted by Crippen LogP contribution is -2.26. The molecule has 0 radical (unpaired) electrons. The Kier molecular flexibility index (Phi) is 5.81. The predicted molar refractivity (Wildman–Crippen MR) is 84.8 cm³/mol. The average Bonchev–Trinajstić information content (AvgIpc) is 2.54. The van der Waals surface area contributed by atoms with Crippen molar-refractivity contribution < 1.29 is 20.4 Å². The lowest BCUT2D eigenvalue weighted by atomic mass is 9.83. The van der Waals surface area contributed by atoms with Crippen LogP contribution < -0.4 is 0 Å². The molecular formula is C18H22O4. The second-order valence-electron chi connectivity index (χ2n) is 5.63. The molecule has 0 aromatic heterocycles. The first-order chi connectivity index (χ1) is 10.6. The average molecular weight is 302 g/mol. The predicted octanol–water partition coefficient (Wildman–Crippen LogP) is 2.10. The van der Waals surface area contributed by atoms with Gasteiger partial charge in [0.2, 0.25) is 0 Å². The number of hydrogen-bond donors (Lipinski definition) is 4. The Morgan fingerprint density at radius 1 is 0.591 bits per heavy atom. The van der Waals surface area contributed by atoms with Gasteiger partial charge in [0, 0.05) is 13.2 Å². The van der Waals surface area contributed by atoms with Crippen molar-refractivity contribution in [3.63, 3.8) is 0 Å². The summed E-state index contributed by atoms with van der Waals surface area (Å²) in [6.07, 6.45) is 1.28. The molecule has 0 amide bonds. The molecule has 4 N–H and O–H groups in total. The van der Waals surface area contributed by atoms with Crippen LogP contribution in [-0.4, -0.2) is 33.6 Å². The fourth-order valence-corrected chi connectivity index (χ4v) is 2.63. The zero-order chi connectivity index (χ0) is 15.9. The summed E-state index contributed by atoms with van der Waals surface area (Å²) in [5.41, 5.74) is 2.03. The highest BCUT2D eigenvalue weighted by molar-refractivity contribution is 5.27. The third-order valence-electron chi connectivity index (χ3n) is 4.00. The van der Waals surface area contributed by atoms with E-state index in [2.05, 4.69) is 0 Å². The summed E-state index contributed by atoms with van der Waals surface area (Å²) in [5.74, 6) is 0.297. The zero-order valence-corrected chi connectivity index (χ0v) is 12.4. The number of aliphatic hydroxyl groups is 2. The molecule has 0 fully saturated rings. The minimum absolute atomic E-state index is 0.00974. The lowest BCUT2D eigenvalue weighted by molar-refractivity contribution is 0.119. The normalized spacial score (nSPS) is 13.7. The second-order valence-corrected chi connectivity index (χ2v) is 5.63. The molecule has 2 aromatic rings. The Hall–Kier alpha value is -2.04. The van der Waals surface area contributed by atoms with Gasteiger partial charge >= 0.3 is 0 Å². The second kappa shape index (κ2) is 7.82. The lowest BCUT2D eigenvalue weighted by Gasteiger charge is -2.24. The third-order valence-corrected chi connectivity index (χ3v) is 4.00. The largest absolute Gasteiger partial charge is 0.508 e. The van der Waals surface area contributed by atoms with Crippen molar-refractivity contribution in [2.24, 2.45) is 11.8 Å². The SMILES string of the molecule is OC[C@@H](Cc1ccc(O)cc1)[C@@H](CO)Cc1ccc(O)cc1. The number of aromatic hydroxyl groups is 2. The Balaban J connectivity index is 2.05. The van der Waals surface area contributed by atoms with Gasteiger partial charge in [0.05, 0.1) is 0 Å². The number of rotatable bonds is 7. The van der Waals surface area contributed by atoms with Crippen LogP contribution in [0.1, 0.15) is 11.1 Å². The molecule has 0 aliphatic rings. The quantitative estimate of drug-likeness (QED) is 0.631. The minimum atomic E-state index is -0.0663. The molecule has 4 heteroatoms. The number of hydrogen-bond acceptors (Lipinski definition) is 4. The summed E-state index contributed by atoms with van der Waals surface area (Å²) in [6, 6.07) is 13.8. The zero-order valence-electron chi connectivity index (χ0n) is 12.4. The summed E-state index contributed by atoms with van der Waals surface area (Å²) < 4.78 is 0. The van der Waals surface area contributed by atoms with E-state index in [1.807, 2.05) is 24.3 Å². The number of phenolic OH excluding ortho intramolecular Hbond substituents is 2. The van der Waals surface area contributed by atoms with E-state index < -0.39 is 0 Å². The summed E-state index contributed by atoms with van der Waals surface area (Å²) in [4.78, 5) is 0. The minimum Gasteiger partial charge on any atom is -0.508 e. The van der Waals surface area contributed by atoms with Gasteiger partial charge in [-0.1, -0.05) is 24.3 Å². The number of phenols is 2. The Morgan fingerprint density at radius 2 is 0.909 bits per heavy atom. The fraction of sp³-hybridized carbons (Fsp3) is 0.333. The van der Waals surface area contributed by atoms with Crippen LogP contribution in [0.4, 0.5) is 0 Å². The molecule has 2 rings (SSSR count). The van der Waals surface area contributed by atoms with Crippen molar-refractivity contribution >= 4 is 0 Å². The topological polar surface area (TPSA) is 80.9 Å². The van der Waals surface area contributed by atoms with Crippen LogP contribution >= 0.6 is 0 Å². The molecule has 2 aromatic carbocycles. The van der Waals surface area contributed by atoms with Gasteiger partial charge in [-0.2, -0.15) is 0 Å². The smallest absolute Gasteiger partial charge is 0.115 e. The highest BCUT2D eigenvalue weighted by atomic mass is 16.3. The van der Waals surface area contributed by atoms with E-state index in [-0.39, 0.29) is 36.5 Å². The molecule has 0 aliphatic heterocycles. The van der Waals surface area contributed by atoms with E-state index in [9.17, 15) is 20.4 Å². The fourth-order valence-electron chi connectivity index (χ4n) is 2.63. The van der Waals surface area contributed by atoms with Gasteiger partial charge in [0.15, 0.2) is 0 Å². The Bertz CT molecular complexity index is 509. The molecule has 0 saturated carbocycles. The van der Waals surface area contributed by atoms with Crippen molar-refractivity contribution in [1.29, 1.82) is 0 Å². The third kappa shape index (κ3) is 4.48. The maximum absolute atomic E-state index is 9.67. The van der Waals surface area contributed by atoms with Crippen molar-refractivity contribution in [3.8, 4) is 11.5 Å². The molecule has 0 spiro atoms. The van der Waals surface area contributed by atoms with Crippen molar-refractivity contribution in [2.45, 2.75) is 12.8 Å². The number of benzene rings is 2. The monoisotopic (exact) mass is 302 g/mol. The van der Waals surface area contributed by atoms with Gasteiger partial charge < -0.3 is 20.4 Å².